The van der Waals surface area contributed by atoms with Crippen LogP contribution < -0.4 is 0 Å². The molecule has 1 rings (SSSR count). The smallest absolute Gasteiger partial charge is 0.177 e. The standard InChI is InChI=1S/C21H40N2S3/c1-2-3-4-5-6-7-8-9-10-11-12-13-14-15-16-17-18-19-25-21-23-22-20(24)26-21/h2-19H2,1H3,(H,22,24). The zero-order valence-corrected chi connectivity index (χ0v) is 19.3. The van der Waals surface area contributed by atoms with Crippen molar-refractivity contribution in [3.63, 3.8) is 0 Å². The fourth-order valence-electron chi connectivity index (χ4n) is 3.26. The number of nitrogens with one attached hydrogen (secondary N) is 1. The lowest BCUT2D eigenvalue weighted by molar-refractivity contribution is 0.529. The molecule has 0 fully saturated rings. The van der Waals surface area contributed by atoms with Crippen LogP contribution >= 0.6 is 35.3 Å². The Morgan fingerprint density at radius 2 is 1.15 bits per heavy atom. The molecule has 0 aliphatic rings. The third-order valence-corrected chi connectivity index (χ3v) is 7.21. The predicted octanol–water partition coefficient (Wildman–Crippen LogP) is 8.94. The number of thioether (sulfide) groups is 1. The maximum Gasteiger partial charge on any atom is 0.177 e. The first-order chi connectivity index (χ1) is 12.8. The quantitative estimate of drug-likeness (QED) is 0.138. The van der Waals surface area contributed by atoms with E-state index in [9.17, 15) is 0 Å². The van der Waals surface area contributed by atoms with Crippen LogP contribution in [0.15, 0.2) is 4.34 Å². The molecule has 0 aliphatic heterocycles. The molecule has 0 unspecified atom stereocenters. The lowest BCUT2D eigenvalue weighted by Crippen LogP contribution is -1.85. The summed E-state index contributed by atoms with van der Waals surface area (Å²) >= 11 is 8.47. The van der Waals surface area contributed by atoms with E-state index in [1.165, 1.54) is 115 Å². The molecule has 0 aromatic carbocycles. The molecular weight excluding hydrogens is 376 g/mol. The second-order valence-corrected chi connectivity index (χ2v) is 10.4. The van der Waals surface area contributed by atoms with E-state index in [0.717, 1.165) is 8.29 Å². The number of aromatic amines is 1. The highest BCUT2D eigenvalue weighted by Gasteiger charge is 1.98. The highest BCUT2D eigenvalue weighted by Crippen LogP contribution is 2.22. The lowest BCUT2D eigenvalue weighted by Gasteiger charge is -2.03. The molecule has 0 atom stereocenters. The molecule has 0 bridgehead atoms. The summed E-state index contributed by atoms with van der Waals surface area (Å²) in [6, 6.07) is 0. The molecule has 0 amide bonds. The van der Waals surface area contributed by atoms with E-state index in [1.807, 2.05) is 11.8 Å². The molecule has 1 aromatic rings. The Kier molecular flexibility index (Phi) is 17.2. The number of hydrogen-bond acceptors (Lipinski definition) is 4. The number of rotatable bonds is 19. The van der Waals surface area contributed by atoms with Crippen molar-refractivity contribution >= 4 is 35.3 Å². The molecule has 26 heavy (non-hydrogen) atoms. The fourth-order valence-corrected chi connectivity index (χ4v) is 5.42. The van der Waals surface area contributed by atoms with Crippen LogP contribution in [0.3, 0.4) is 0 Å². The molecule has 0 saturated carbocycles. The highest BCUT2D eigenvalue weighted by molar-refractivity contribution is 8.01. The molecule has 2 nitrogen and oxygen atoms in total. The summed E-state index contributed by atoms with van der Waals surface area (Å²) in [4.78, 5) is 0. The third kappa shape index (κ3) is 15.2. The van der Waals surface area contributed by atoms with E-state index >= 15 is 0 Å². The second-order valence-electron chi connectivity index (χ2n) is 7.38. The SMILES string of the molecule is CCCCCCCCCCCCCCCCCCCSc1n[nH]c(=S)s1. The van der Waals surface area contributed by atoms with Crippen molar-refractivity contribution in [2.45, 2.75) is 120 Å². The fraction of sp³-hybridized carbons (Fsp3) is 0.905. The first-order valence-electron chi connectivity index (χ1n) is 11.0. The minimum Gasteiger partial charge on any atom is -0.257 e. The first-order valence-corrected chi connectivity index (χ1v) is 13.2. The van der Waals surface area contributed by atoms with Crippen LogP contribution in [0.1, 0.15) is 116 Å². The van der Waals surface area contributed by atoms with Gasteiger partial charge in [-0.25, -0.2) is 0 Å². The van der Waals surface area contributed by atoms with Crippen LogP contribution in [0.4, 0.5) is 0 Å². The van der Waals surface area contributed by atoms with Gasteiger partial charge in [-0.3, -0.25) is 5.10 Å². The maximum atomic E-state index is 5.04. The molecule has 1 heterocycles. The molecular formula is C21H40N2S3. The summed E-state index contributed by atoms with van der Waals surface area (Å²) in [6.45, 7) is 2.29. The molecule has 0 spiro atoms. The second kappa shape index (κ2) is 18.5. The van der Waals surface area contributed by atoms with E-state index in [1.54, 1.807) is 11.3 Å². The van der Waals surface area contributed by atoms with Gasteiger partial charge in [-0.05, 0) is 18.6 Å². The van der Waals surface area contributed by atoms with Crippen molar-refractivity contribution in [3.8, 4) is 0 Å². The normalized spacial score (nSPS) is 11.3. The van der Waals surface area contributed by atoms with Gasteiger partial charge in [-0.2, -0.15) is 5.10 Å². The van der Waals surface area contributed by atoms with Crippen molar-refractivity contribution in [3.05, 3.63) is 3.95 Å². The molecule has 152 valence electrons. The van der Waals surface area contributed by atoms with Crippen LogP contribution in [-0.4, -0.2) is 16.0 Å². The van der Waals surface area contributed by atoms with Gasteiger partial charge in [0.05, 0.1) is 0 Å². The molecule has 1 aromatic heterocycles. The third-order valence-electron chi connectivity index (χ3n) is 4.89. The Labute approximate surface area is 175 Å². The lowest BCUT2D eigenvalue weighted by atomic mass is 10.0. The number of aromatic nitrogens is 2. The number of hydrogen-bond donors (Lipinski definition) is 1. The number of H-pyrrole nitrogens is 1. The van der Waals surface area contributed by atoms with Crippen molar-refractivity contribution in [1.82, 2.24) is 10.2 Å². The summed E-state index contributed by atoms with van der Waals surface area (Å²) < 4.78 is 1.88. The van der Waals surface area contributed by atoms with Crippen LogP contribution in [-0.2, 0) is 0 Å². The van der Waals surface area contributed by atoms with Gasteiger partial charge < -0.3 is 0 Å². The van der Waals surface area contributed by atoms with Crippen molar-refractivity contribution in [2.75, 3.05) is 5.75 Å². The molecule has 0 saturated heterocycles. The van der Waals surface area contributed by atoms with Crippen molar-refractivity contribution in [2.24, 2.45) is 0 Å². The van der Waals surface area contributed by atoms with E-state index < -0.39 is 0 Å². The van der Waals surface area contributed by atoms with Gasteiger partial charge in [0.1, 0.15) is 0 Å². The predicted molar refractivity (Wildman–Crippen MR) is 122 cm³/mol. The van der Waals surface area contributed by atoms with E-state index in [4.69, 9.17) is 12.2 Å². The van der Waals surface area contributed by atoms with Gasteiger partial charge in [0.25, 0.3) is 0 Å². The van der Waals surface area contributed by atoms with E-state index in [0.29, 0.717) is 0 Å². The Morgan fingerprint density at radius 3 is 1.54 bits per heavy atom. The van der Waals surface area contributed by atoms with Gasteiger partial charge >= 0.3 is 0 Å². The van der Waals surface area contributed by atoms with Crippen molar-refractivity contribution < 1.29 is 0 Å². The summed E-state index contributed by atoms with van der Waals surface area (Å²) in [7, 11) is 0. The number of nitrogens with zero attached hydrogens (tertiary/aromatic N) is 1. The van der Waals surface area contributed by atoms with Crippen LogP contribution in [0.5, 0.6) is 0 Å². The largest absolute Gasteiger partial charge is 0.257 e. The molecule has 0 radical (unpaired) electrons. The van der Waals surface area contributed by atoms with Gasteiger partial charge in [0, 0.05) is 5.75 Å². The van der Waals surface area contributed by atoms with Gasteiger partial charge in [0.2, 0.25) is 0 Å². The monoisotopic (exact) mass is 416 g/mol. The molecule has 5 heteroatoms. The highest BCUT2D eigenvalue weighted by atomic mass is 32.2. The number of unbranched alkanes of at least 4 members (excludes halogenated alkanes) is 16. The van der Waals surface area contributed by atoms with Gasteiger partial charge in [0.15, 0.2) is 8.29 Å². The molecule has 1 N–H and O–H groups in total. The zero-order valence-electron chi connectivity index (χ0n) is 16.9. The Morgan fingerprint density at radius 1 is 0.731 bits per heavy atom. The minimum absolute atomic E-state index is 0.787. The topological polar surface area (TPSA) is 28.7 Å². The summed E-state index contributed by atoms with van der Waals surface area (Å²) in [6.07, 6.45) is 24.3. The zero-order chi connectivity index (χ0) is 18.7. The minimum atomic E-state index is 0.787. The van der Waals surface area contributed by atoms with E-state index in [2.05, 4.69) is 17.1 Å². The van der Waals surface area contributed by atoms with Gasteiger partial charge in [-0.1, -0.05) is 133 Å². The Bertz CT molecular complexity index is 456. The molecule has 0 aliphatic carbocycles. The maximum absolute atomic E-state index is 5.04. The summed E-state index contributed by atoms with van der Waals surface area (Å²) in [5.74, 6) is 1.18. The average Bonchev–Trinajstić information content (AvgIpc) is 3.06. The Balaban J connectivity index is 1.69. The van der Waals surface area contributed by atoms with Crippen LogP contribution in [0, 0.1) is 3.95 Å². The first kappa shape index (κ1) is 24.2. The van der Waals surface area contributed by atoms with Crippen LogP contribution in [0.25, 0.3) is 0 Å². The average molecular weight is 417 g/mol. The van der Waals surface area contributed by atoms with E-state index in [-0.39, 0.29) is 0 Å². The van der Waals surface area contributed by atoms with Gasteiger partial charge in [-0.15, -0.1) is 0 Å². The Hall–Kier alpha value is 0.130. The van der Waals surface area contributed by atoms with Crippen molar-refractivity contribution in [1.29, 1.82) is 0 Å². The summed E-state index contributed by atoms with van der Waals surface area (Å²) in [5, 5.41) is 7.02. The summed E-state index contributed by atoms with van der Waals surface area (Å²) in [5.41, 5.74) is 0. The van der Waals surface area contributed by atoms with Crippen LogP contribution in [0.2, 0.25) is 0 Å².